The van der Waals surface area contributed by atoms with E-state index in [0.717, 1.165) is 4.80 Å². The van der Waals surface area contributed by atoms with E-state index >= 15 is 0 Å². The number of halogens is 4. The van der Waals surface area contributed by atoms with E-state index in [2.05, 4.69) is 25.3 Å². The van der Waals surface area contributed by atoms with Gasteiger partial charge in [0.1, 0.15) is 17.2 Å². The van der Waals surface area contributed by atoms with Crippen LogP contribution in [0.5, 0.6) is 0 Å². The first-order chi connectivity index (χ1) is 15.8. The number of hydrogen-bond acceptors (Lipinski definition) is 6. The number of imidazole rings is 1. The van der Waals surface area contributed by atoms with E-state index in [9.17, 15) is 18.0 Å². The van der Waals surface area contributed by atoms with E-state index in [4.69, 9.17) is 17.3 Å². The minimum Gasteiger partial charge on any atom is -0.365 e. The van der Waals surface area contributed by atoms with Crippen LogP contribution in [0.1, 0.15) is 16.1 Å². The maximum absolute atomic E-state index is 14.2. The lowest BCUT2D eigenvalue weighted by Gasteiger charge is -2.12. The Hall–Kier alpha value is -4.26. The molecular formula is C19H11ClF3N9O. The smallest absolute Gasteiger partial charge is 0.365 e. The van der Waals surface area contributed by atoms with Gasteiger partial charge in [-0.2, -0.15) is 28.5 Å². The third kappa shape index (κ3) is 3.38. The molecule has 0 aromatic carbocycles. The summed E-state index contributed by atoms with van der Waals surface area (Å²) in [4.78, 5) is 21.6. The van der Waals surface area contributed by atoms with Crippen LogP contribution in [0, 0.1) is 0 Å². The van der Waals surface area contributed by atoms with Crippen molar-refractivity contribution in [3.8, 4) is 22.9 Å². The van der Waals surface area contributed by atoms with Gasteiger partial charge in [-0.05, 0) is 18.2 Å². The molecule has 2 N–H and O–H groups in total. The third-order valence-corrected chi connectivity index (χ3v) is 5.01. The van der Waals surface area contributed by atoms with Gasteiger partial charge in [-0.25, -0.2) is 14.6 Å². The van der Waals surface area contributed by atoms with Crippen molar-refractivity contribution >= 4 is 23.2 Å². The van der Waals surface area contributed by atoms with E-state index < -0.39 is 23.3 Å². The first kappa shape index (κ1) is 20.6. The van der Waals surface area contributed by atoms with E-state index in [0.29, 0.717) is 10.3 Å². The second-order valence-corrected chi connectivity index (χ2v) is 7.14. The lowest BCUT2D eigenvalue weighted by molar-refractivity contribution is -0.143. The first-order valence-electron chi connectivity index (χ1n) is 9.21. The summed E-state index contributed by atoms with van der Waals surface area (Å²) in [7, 11) is 0. The zero-order valence-electron chi connectivity index (χ0n) is 16.3. The number of fused-ring (bicyclic) bond motifs is 1. The Balaban J connectivity index is 1.78. The average Bonchev–Trinajstić information content (AvgIpc) is 3.51. The molecule has 5 aromatic heterocycles. The van der Waals surface area contributed by atoms with Crippen molar-refractivity contribution in [3.05, 3.63) is 71.5 Å². The van der Waals surface area contributed by atoms with Crippen LogP contribution in [0.4, 0.5) is 13.2 Å². The quantitative estimate of drug-likeness (QED) is 0.428. The molecular weight excluding hydrogens is 463 g/mol. The number of nitrogens with zero attached hydrogens (tertiary/aromatic N) is 8. The first-order valence-corrected chi connectivity index (χ1v) is 9.58. The van der Waals surface area contributed by atoms with Crippen LogP contribution in [0.2, 0.25) is 5.02 Å². The molecule has 0 spiro atoms. The normalized spacial score (nSPS) is 11.9. The summed E-state index contributed by atoms with van der Waals surface area (Å²) in [6.45, 7) is 0. The highest BCUT2D eigenvalue weighted by molar-refractivity contribution is 6.32. The van der Waals surface area contributed by atoms with Crippen molar-refractivity contribution in [1.29, 1.82) is 0 Å². The van der Waals surface area contributed by atoms with Crippen molar-refractivity contribution in [2.75, 3.05) is 0 Å². The van der Waals surface area contributed by atoms with Gasteiger partial charge in [-0.3, -0.25) is 9.20 Å². The van der Waals surface area contributed by atoms with Gasteiger partial charge in [-0.15, -0.1) is 4.80 Å². The van der Waals surface area contributed by atoms with Crippen molar-refractivity contribution < 1.29 is 18.0 Å². The molecule has 0 aliphatic rings. The van der Waals surface area contributed by atoms with Crippen molar-refractivity contribution in [2.24, 2.45) is 5.73 Å². The number of carbonyl (C=O) groups excluding carboxylic acids is 1. The highest BCUT2D eigenvalue weighted by Gasteiger charge is 2.43. The summed E-state index contributed by atoms with van der Waals surface area (Å²) >= 11 is 6.27. The molecule has 0 fully saturated rings. The number of amides is 1. The highest BCUT2D eigenvalue weighted by atomic mass is 35.5. The van der Waals surface area contributed by atoms with Crippen molar-refractivity contribution in [1.82, 2.24) is 39.1 Å². The number of aromatic nitrogens is 8. The average molecular weight is 474 g/mol. The largest absolute Gasteiger partial charge is 0.434 e. The highest BCUT2D eigenvalue weighted by Crippen LogP contribution is 2.38. The third-order valence-electron chi connectivity index (χ3n) is 4.73. The number of nitrogens with two attached hydrogens (primary N) is 1. The Bertz CT molecular complexity index is 1510. The maximum atomic E-state index is 14.2. The number of primary amides is 1. The number of pyridine rings is 2. The fraction of sp³-hybridized carbons (Fsp3) is 0.0526. The van der Waals surface area contributed by atoms with E-state index in [1.54, 1.807) is 6.07 Å². The zero-order valence-corrected chi connectivity index (χ0v) is 17.0. The Morgan fingerprint density at radius 3 is 2.52 bits per heavy atom. The molecule has 10 nitrogen and oxygen atoms in total. The Morgan fingerprint density at radius 2 is 1.85 bits per heavy atom. The molecule has 33 heavy (non-hydrogen) atoms. The molecule has 5 aromatic rings. The summed E-state index contributed by atoms with van der Waals surface area (Å²) in [6, 6.07) is 5.85. The fourth-order valence-corrected chi connectivity index (χ4v) is 3.66. The van der Waals surface area contributed by atoms with Gasteiger partial charge in [0.2, 0.25) is 0 Å². The van der Waals surface area contributed by atoms with E-state index in [-0.39, 0.29) is 27.9 Å². The SMILES string of the molecule is NC(=O)c1c(-c2cnc(-n3nccn3)c(Cl)c2)nn(-c2cccc3nccn23)c1C(F)(F)F. The minimum absolute atomic E-state index is 0.00231. The number of carbonyl (C=O) groups is 1. The maximum Gasteiger partial charge on any atom is 0.434 e. The Morgan fingerprint density at radius 1 is 1.09 bits per heavy atom. The Labute approximate surface area is 187 Å². The molecule has 5 heterocycles. The van der Waals surface area contributed by atoms with Gasteiger partial charge in [0.15, 0.2) is 11.5 Å². The molecule has 166 valence electrons. The van der Waals surface area contributed by atoms with Gasteiger partial charge < -0.3 is 5.73 Å². The standard InChI is InChI=1S/C19H11ClF3N9O/c20-11-8-10(9-26-18(11)32-27-4-5-28-32)15-14(17(24)33)16(19(21,22)23)31(29-15)13-3-1-2-12-25-6-7-30(12)13/h1-9H,(H2,24,33). The molecule has 0 unspecified atom stereocenters. The predicted octanol–water partition coefficient (Wildman–Crippen LogP) is 2.93. The molecule has 1 amide bonds. The topological polar surface area (TPSA) is 122 Å². The van der Waals surface area contributed by atoms with E-state index in [1.807, 2.05) is 0 Å². The summed E-state index contributed by atoms with van der Waals surface area (Å²) in [5.74, 6) is -1.16. The molecule has 0 saturated heterocycles. The predicted molar refractivity (Wildman–Crippen MR) is 109 cm³/mol. The van der Waals surface area contributed by atoms with Crippen LogP contribution in [-0.4, -0.2) is 45.1 Å². The number of hydrogen-bond donors (Lipinski definition) is 1. The second-order valence-electron chi connectivity index (χ2n) is 6.73. The number of rotatable bonds is 4. The summed E-state index contributed by atoms with van der Waals surface area (Å²) in [5.41, 5.74) is 3.34. The molecule has 0 aliphatic heterocycles. The van der Waals surface area contributed by atoms with Gasteiger partial charge >= 0.3 is 6.18 Å². The van der Waals surface area contributed by atoms with Crippen LogP contribution < -0.4 is 5.73 Å². The van der Waals surface area contributed by atoms with Crippen LogP contribution in [0.3, 0.4) is 0 Å². The van der Waals surface area contributed by atoms with Gasteiger partial charge in [0, 0.05) is 24.2 Å². The van der Waals surface area contributed by atoms with E-state index in [1.165, 1.54) is 53.6 Å². The van der Waals surface area contributed by atoms with Crippen LogP contribution in [0.25, 0.3) is 28.5 Å². The van der Waals surface area contributed by atoms with Gasteiger partial charge in [0.05, 0.1) is 23.0 Å². The number of alkyl halides is 3. The fourth-order valence-electron chi connectivity index (χ4n) is 3.42. The molecule has 0 atom stereocenters. The lowest BCUT2D eigenvalue weighted by Crippen LogP contribution is -2.21. The summed E-state index contributed by atoms with van der Waals surface area (Å²) in [5, 5.41) is 12.0. The molecule has 0 radical (unpaired) electrons. The van der Waals surface area contributed by atoms with Crippen LogP contribution in [-0.2, 0) is 6.18 Å². The zero-order chi connectivity index (χ0) is 23.3. The van der Waals surface area contributed by atoms with Crippen LogP contribution in [0.15, 0.2) is 55.2 Å². The second kappa shape index (κ2) is 7.41. The van der Waals surface area contributed by atoms with Gasteiger partial charge in [-0.1, -0.05) is 17.7 Å². The summed E-state index contributed by atoms with van der Waals surface area (Å²) in [6.07, 6.45) is 1.96. The molecule has 14 heteroatoms. The molecule has 0 aliphatic carbocycles. The monoisotopic (exact) mass is 473 g/mol. The van der Waals surface area contributed by atoms with Gasteiger partial charge in [0.25, 0.3) is 5.91 Å². The van der Waals surface area contributed by atoms with Crippen molar-refractivity contribution in [2.45, 2.75) is 6.18 Å². The molecule has 0 saturated carbocycles. The Kier molecular flexibility index (Phi) is 4.63. The minimum atomic E-state index is -4.96. The lowest BCUT2D eigenvalue weighted by atomic mass is 10.1. The van der Waals surface area contributed by atoms with Crippen LogP contribution >= 0.6 is 11.6 Å². The molecule has 0 bridgehead atoms. The summed E-state index contributed by atoms with van der Waals surface area (Å²) < 4.78 is 44.6. The molecule has 5 rings (SSSR count). The van der Waals surface area contributed by atoms with Crippen molar-refractivity contribution in [3.63, 3.8) is 0 Å².